The van der Waals surface area contributed by atoms with Crippen molar-refractivity contribution in [3.8, 4) is 0 Å². The fourth-order valence-corrected chi connectivity index (χ4v) is 1.72. The van der Waals surface area contributed by atoms with Gasteiger partial charge in [-0.3, -0.25) is 10.1 Å². The molecule has 0 spiro atoms. The van der Waals surface area contributed by atoms with Crippen molar-refractivity contribution in [2.24, 2.45) is 0 Å². The third kappa shape index (κ3) is 4.25. The van der Waals surface area contributed by atoms with E-state index in [1.165, 1.54) is 26.1 Å². The molecule has 0 bridgehead atoms. The van der Waals surface area contributed by atoms with Gasteiger partial charge in [0.15, 0.2) is 5.82 Å². The number of urea groups is 1. The first-order valence-corrected chi connectivity index (χ1v) is 6.04. The number of amides is 3. The topological polar surface area (TPSA) is 70.2 Å². The number of benzene rings is 1. The minimum absolute atomic E-state index is 0.158. The predicted molar refractivity (Wildman–Crippen MR) is 72.1 cm³/mol. The summed E-state index contributed by atoms with van der Waals surface area (Å²) < 4.78 is 13.2. The van der Waals surface area contributed by atoms with E-state index in [1.807, 2.05) is 0 Å². The number of hydrogen-bond donors (Lipinski definition) is 3. The Morgan fingerprint density at radius 3 is 2.26 bits per heavy atom. The maximum atomic E-state index is 13.2. The molecule has 1 aromatic carbocycles. The molecule has 1 atom stereocenters. The number of halogens is 3. The molecule has 1 unspecified atom stereocenters. The van der Waals surface area contributed by atoms with Crippen LogP contribution in [0.25, 0.3) is 0 Å². The molecule has 1 rings (SSSR count). The van der Waals surface area contributed by atoms with Crippen LogP contribution in [0.2, 0.25) is 10.0 Å². The average Bonchev–Trinajstić information content (AvgIpc) is 2.35. The summed E-state index contributed by atoms with van der Waals surface area (Å²) in [6, 6.07) is 1.25. The zero-order valence-electron chi connectivity index (χ0n) is 10.2. The van der Waals surface area contributed by atoms with Crippen LogP contribution in [0.1, 0.15) is 6.92 Å². The van der Waals surface area contributed by atoms with Crippen molar-refractivity contribution in [3.63, 3.8) is 0 Å². The molecule has 0 aliphatic rings. The van der Waals surface area contributed by atoms with Gasteiger partial charge in [0, 0.05) is 12.7 Å². The second-order valence-corrected chi connectivity index (χ2v) is 4.50. The molecule has 3 N–H and O–H groups in total. The molecule has 0 aromatic heterocycles. The van der Waals surface area contributed by atoms with Crippen molar-refractivity contribution < 1.29 is 14.0 Å². The fraction of sp³-hybridized carbons (Fsp3) is 0.273. The highest BCUT2D eigenvalue weighted by Crippen LogP contribution is 2.27. The normalized spacial score (nSPS) is 11.6. The SMILES string of the molecule is CNC(=O)NC(=O)C(C)Nc1cc(Cl)c(F)c(Cl)c1. The lowest BCUT2D eigenvalue weighted by molar-refractivity contribution is -0.120. The highest BCUT2D eigenvalue weighted by atomic mass is 35.5. The minimum atomic E-state index is -0.727. The highest BCUT2D eigenvalue weighted by Gasteiger charge is 2.16. The number of nitrogens with one attached hydrogen (secondary N) is 3. The Kier molecular flexibility index (Phi) is 5.38. The quantitative estimate of drug-likeness (QED) is 0.751. The molecule has 0 fully saturated rings. The lowest BCUT2D eigenvalue weighted by atomic mass is 10.2. The molecule has 0 heterocycles. The van der Waals surface area contributed by atoms with Crippen LogP contribution < -0.4 is 16.0 Å². The molecule has 3 amide bonds. The van der Waals surface area contributed by atoms with E-state index in [2.05, 4.69) is 16.0 Å². The van der Waals surface area contributed by atoms with Gasteiger partial charge < -0.3 is 10.6 Å². The fourth-order valence-electron chi connectivity index (χ4n) is 1.24. The third-order valence-corrected chi connectivity index (χ3v) is 2.77. The Morgan fingerprint density at radius 1 is 1.26 bits per heavy atom. The van der Waals surface area contributed by atoms with E-state index in [-0.39, 0.29) is 10.0 Å². The Labute approximate surface area is 119 Å². The summed E-state index contributed by atoms with van der Waals surface area (Å²) in [7, 11) is 1.39. The molecule has 0 saturated carbocycles. The van der Waals surface area contributed by atoms with E-state index >= 15 is 0 Å². The monoisotopic (exact) mass is 307 g/mol. The largest absolute Gasteiger partial charge is 0.374 e. The molecule has 104 valence electrons. The number of rotatable bonds is 3. The first-order chi connectivity index (χ1) is 8.85. The Balaban J connectivity index is 2.74. The molecular weight excluding hydrogens is 296 g/mol. The highest BCUT2D eigenvalue weighted by molar-refractivity contribution is 6.35. The molecule has 19 heavy (non-hydrogen) atoms. The van der Waals surface area contributed by atoms with Gasteiger partial charge >= 0.3 is 6.03 Å². The van der Waals surface area contributed by atoms with Crippen LogP contribution in [-0.4, -0.2) is 25.0 Å². The van der Waals surface area contributed by atoms with E-state index in [4.69, 9.17) is 23.2 Å². The van der Waals surface area contributed by atoms with Crippen LogP contribution in [0.15, 0.2) is 12.1 Å². The van der Waals surface area contributed by atoms with Crippen LogP contribution in [0.4, 0.5) is 14.9 Å². The van der Waals surface area contributed by atoms with E-state index in [0.717, 1.165) is 0 Å². The van der Waals surface area contributed by atoms with Crippen molar-refractivity contribution in [1.29, 1.82) is 0 Å². The van der Waals surface area contributed by atoms with Crippen LogP contribution in [0.3, 0.4) is 0 Å². The zero-order valence-corrected chi connectivity index (χ0v) is 11.7. The average molecular weight is 308 g/mol. The molecule has 0 radical (unpaired) electrons. The summed E-state index contributed by atoms with van der Waals surface area (Å²) in [5, 5.41) is 6.78. The number of anilines is 1. The first kappa shape index (κ1) is 15.5. The van der Waals surface area contributed by atoms with E-state index in [0.29, 0.717) is 5.69 Å². The van der Waals surface area contributed by atoms with Gasteiger partial charge in [0.2, 0.25) is 5.91 Å². The molecule has 0 saturated heterocycles. The van der Waals surface area contributed by atoms with Gasteiger partial charge in [0.25, 0.3) is 0 Å². The van der Waals surface area contributed by atoms with Crippen LogP contribution in [0, 0.1) is 5.82 Å². The second kappa shape index (κ2) is 6.58. The Hall–Kier alpha value is -1.53. The third-order valence-electron chi connectivity index (χ3n) is 2.22. The van der Waals surface area contributed by atoms with Gasteiger partial charge in [0.1, 0.15) is 6.04 Å². The van der Waals surface area contributed by atoms with E-state index in [1.54, 1.807) is 0 Å². The summed E-state index contributed by atoms with van der Waals surface area (Å²) in [5.41, 5.74) is 0.371. The van der Waals surface area contributed by atoms with Gasteiger partial charge in [-0.1, -0.05) is 23.2 Å². The number of carbonyl (C=O) groups excluding carboxylic acids is 2. The molecule has 5 nitrogen and oxygen atoms in total. The van der Waals surface area contributed by atoms with Crippen LogP contribution in [0.5, 0.6) is 0 Å². The Bertz CT molecular complexity index is 488. The lowest BCUT2D eigenvalue weighted by Crippen LogP contribution is -2.44. The van der Waals surface area contributed by atoms with Crippen LogP contribution in [-0.2, 0) is 4.79 Å². The molecular formula is C11H12Cl2FN3O2. The predicted octanol–water partition coefficient (Wildman–Crippen LogP) is 2.39. The van der Waals surface area contributed by atoms with E-state index < -0.39 is 23.8 Å². The smallest absolute Gasteiger partial charge is 0.321 e. The maximum Gasteiger partial charge on any atom is 0.321 e. The first-order valence-electron chi connectivity index (χ1n) is 5.28. The van der Waals surface area contributed by atoms with Gasteiger partial charge in [-0.2, -0.15) is 0 Å². The van der Waals surface area contributed by atoms with Crippen molar-refractivity contribution >= 4 is 40.8 Å². The molecule has 8 heteroatoms. The second-order valence-electron chi connectivity index (χ2n) is 3.69. The van der Waals surface area contributed by atoms with Crippen molar-refractivity contribution in [3.05, 3.63) is 28.0 Å². The standard InChI is InChI=1S/C11H12Cl2FN3O2/c1-5(10(18)17-11(19)15-2)16-6-3-7(12)9(14)8(13)4-6/h3-5,16H,1-2H3,(H2,15,17,18,19). The maximum absolute atomic E-state index is 13.2. The summed E-state index contributed by atoms with van der Waals surface area (Å²) >= 11 is 11.2. The number of imide groups is 1. The summed E-state index contributed by atoms with van der Waals surface area (Å²) in [4.78, 5) is 22.5. The molecule has 0 aliphatic carbocycles. The summed E-state index contributed by atoms with van der Waals surface area (Å²) in [6.07, 6.45) is 0. The van der Waals surface area contributed by atoms with E-state index in [9.17, 15) is 14.0 Å². The van der Waals surface area contributed by atoms with Crippen molar-refractivity contribution in [2.75, 3.05) is 12.4 Å². The molecule has 0 aliphatic heterocycles. The Morgan fingerprint density at radius 2 is 1.79 bits per heavy atom. The van der Waals surface area contributed by atoms with Gasteiger partial charge in [-0.15, -0.1) is 0 Å². The van der Waals surface area contributed by atoms with Gasteiger partial charge in [-0.25, -0.2) is 9.18 Å². The summed E-state index contributed by atoms with van der Waals surface area (Å²) in [5.74, 6) is -1.27. The molecule has 1 aromatic rings. The van der Waals surface area contributed by atoms with Crippen LogP contribution >= 0.6 is 23.2 Å². The summed E-state index contributed by atoms with van der Waals surface area (Å²) in [6.45, 7) is 1.53. The minimum Gasteiger partial charge on any atom is -0.374 e. The zero-order chi connectivity index (χ0) is 14.6. The van der Waals surface area contributed by atoms with Crippen molar-refractivity contribution in [1.82, 2.24) is 10.6 Å². The van der Waals surface area contributed by atoms with Gasteiger partial charge in [0.05, 0.1) is 10.0 Å². The van der Waals surface area contributed by atoms with Crippen molar-refractivity contribution in [2.45, 2.75) is 13.0 Å². The number of carbonyl (C=O) groups is 2. The number of hydrogen-bond acceptors (Lipinski definition) is 3. The lowest BCUT2D eigenvalue weighted by Gasteiger charge is -2.15. The van der Waals surface area contributed by atoms with Gasteiger partial charge in [-0.05, 0) is 19.1 Å².